The highest BCUT2D eigenvalue weighted by molar-refractivity contribution is 6.80. The fourth-order valence-electron chi connectivity index (χ4n) is 2.19. The maximum Gasteiger partial charge on any atom is 0.362 e. The molecule has 0 heterocycles. The molecule has 2 rings (SSSR count). The molecule has 0 saturated heterocycles. The molecule has 23 heavy (non-hydrogen) atoms. The van der Waals surface area contributed by atoms with Crippen LogP contribution in [0.25, 0.3) is 0 Å². The van der Waals surface area contributed by atoms with Gasteiger partial charge in [-0.3, -0.25) is 0 Å². The van der Waals surface area contributed by atoms with Crippen LogP contribution in [0.2, 0.25) is 0 Å². The fourth-order valence-corrected chi connectivity index (χ4v) is 2.19. The van der Waals surface area contributed by atoms with Gasteiger partial charge < -0.3 is 9.55 Å². The Balaban J connectivity index is 2.37. The monoisotopic (exact) mass is 325 g/mol. The zero-order valence-electron chi connectivity index (χ0n) is 12.8. The predicted molar refractivity (Wildman–Crippen MR) is 82.2 cm³/mol. The van der Waals surface area contributed by atoms with Crippen LogP contribution < -0.4 is 10.9 Å². The van der Waals surface area contributed by atoms with E-state index < -0.39 is 30.2 Å². The summed E-state index contributed by atoms with van der Waals surface area (Å²) in [6.45, 7) is -0.189. The third kappa shape index (κ3) is 5.08. The van der Waals surface area contributed by atoms with Gasteiger partial charge in [0.2, 0.25) is 0 Å². The van der Waals surface area contributed by atoms with Gasteiger partial charge in [-0.25, -0.2) is 17.6 Å². The molecule has 2 aromatic rings. The number of likely N-dealkylation sites (N-methyl/N-ethyl adjacent to an activating group) is 1. The first-order valence-corrected chi connectivity index (χ1v) is 7.03. The van der Waals surface area contributed by atoms with Gasteiger partial charge in [0, 0.05) is 25.3 Å². The van der Waals surface area contributed by atoms with Gasteiger partial charge in [-0.2, -0.15) is 0 Å². The number of hydrogen-bond donors (Lipinski definition) is 0. The molecule has 2 aromatic carbocycles. The molecule has 0 atom stereocenters. The molecule has 0 fully saturated rings. The van der Waals surface area contributed by atoms with Crippen LogP contribution in [0.5, 0.6) is 0 Å². The number of rotatable bonds is 6. The van der Waals surface area contributed by atoms with E-state index >= 15 is 0 Å². The van der Waals surface area contributed by atoms with Crippen molar-refractivity contribution in [3.05, 3.63) is 59.7 Å². The van der Waals surface area contributed by atoms with E-state index in [-0.39, 0.29) is 17.5 Å². The summed E-state index contributed by atoms with van der Waals surface area (Å²) in [5.41, 5.74) is 0.317. The minimum Gasteiger partial charge on any atom is -0.426 e. The minimum absolute atomic E-state index is 0.159. The predicted octanol–water partition coefficient (Wildman–Crippen LogP) is 1.93. The highest BCUT2D eigenvalue weighted by Gasteiger charge is 2.24. The molecule has 7 heteroatoms. The topological polar surface area (TPSA) is 12.5 Å². The molecule has 122 valence electrons. The summed E-state index contributed by atoms with van der Waals surface area (Å²) < 4.78 is 59.5. The maximum absolute atomic E-state index is 13.5. The van der Waals surface area contributed by atoms with Gasteiger partial charge >= 0.3 is 6.92 Å². The average molecular weight is 325 g/mol. The molecular formula is C16H16BF4NO. The van der Waals surface area contributed by atoms with Crippen molar-refractivity contribution in [3.63, 3.8) is 0 Å². The van der Waals surface area contributed by atoms with Gasteiger partial charge in [0.1, 0.15) is 23.3 Å². The Morgan fingerprint density at radius 3 is 1.52 bits per heavy atom. The average Bonchev–Trinajstić information content (AvgIpc) is 2.41. The van der Waals surface area contributed by atoms with Gasteiger partial charge in [0.25, 0.3) is 0 Å². The lowest BCUT2D eigenvalue weighted by molar-refractivity contribution is 0.269. The summed E-state index contributed by atoms with van der Waals surface area (Å²) in [4.78, 5) is 1.86. The van der Waals surface area contributed by atoms with Gasteiger partial charge in [-0.15, -0.1) is 0 Å². The standard InChI is InChI=1S/C16H16BF4NO/c1-22(2)3-4-23-17(11-5-13(18)9-14(19)6-11)12-7-15(20)10-16(21)8-12/h5-10H,3-4H2,1-2H3. The molecule has 0 radical (unpaired) electrons. The van der Waals surface area contributed by atoms with E-state index in [0.29, 0.717) is 6.54 Å². The second kappa shape index (κ2) is 7.61. The molecule has 0 saturated carbocycles. The Labute approximate surface area is 132 Å². The Bertz CT molecular complexity index is 589. The van der Waals surface area contributed by atoms with Crippen molar-refractivity contribution in [1.29, 1.82) is 0 Å². The zero-order valence-corrected chi connectivity index (χ0v) is 12.8. The van der Waals surface area contributed by atoms with E-state index in [4.69, 9.17) is 4.65 Å². The Morgan fingerprint density at radius 2 is 1.17 bits per heavy atom. The van der Waals surface area contributed by atoms with E-state index in [9.17, 15) is 17.6 Å². The first kappa shape index (κ1) is 17.5. The Morgan fingerprint density at radius 1 is 0.783 bits per heavy atom. The number of halogens is 4. The molecule has 0 spiro atoms. The quantitative estimate of drug-likeness (QED) is 0.594. The van der Waals surface area contributed by atoms with Crippen molar-refractivity contribution in [3.8, 4) is 0 Å². The van der Waals surface area contributed by atoms with Crippen LogP contribution in [0.3, 0.4) is 0 Å². The van der Waals surface area contributed by atoms with Crippen LogP contribution in [0.4, 0.5) is 17.6 Å². The normalized spacial score (nSPS) is 11.1. The maximum atomic E-state index is 13.5. The minimum atomic E-state index is -0.967. The SMILES string of the molecule is CN(C)CCOB(c1cc(F)cc(F)c1)c1cc(F)cc(F)c1. The fraction of sp³-hybridized carbons (Fsp3) is 0.250. The van der Waals surface area contributed by atoms with Crippen LogP contribution in [0, 0.1) is 23.3 Å². The molecule has 0 aliphatic carbocycles. The first-order valence-electron chi connectivity index (χ1n) is 7.03. The largest absolute Gasteiger partial charge is 0.426 e. The molecule has 0 aliphatic heterocycles. The van der Waals surface area contributed by atoms with Crippen LogP contribution in [-0.4, -0.2) is 39.1 Å². The van der Waals surface area contributed by atoms with Crippen molar-refractivity contribution in [2.45, 2.75) is 0 Å². The molecule has 0 aliphatic rings. The van der Waals surface area contributed by atoms with Crippen molar-refractivity contribution in [2.24, 2.45) is 0 Å². The summed E-state index contributed by atoms with van der Waals surface area (Å²) >= 11 is 0. The lowest BCUT2D eigenvalue weighted by Gasteiger charge is -2.18. The van der Waals surface area contributed by atoms with E-state index in [1.807, 2.05) is 19.0 Å². The summed E-state index contributed by atoms with van der Waals surface area (Å²) in [7, 11) is 3.67. The summed E-state index contributed by atoms with van der Waals surface area (Å²) in [6.07, 6.45) is 0. The van der Waals surface area contributed by atoms with Gasteiger partial charge in [-0.05, 0) is 49.3 Å². The lowest BCUT2D eigenvalue weighted by Crippen LogP contribution is -2.46. The van der Waals surface area contributed by atoms with E-state index in [2.05, 4.69) is 0 Å². The Hall–Kier alpha value is -1.86. The van der Waals surface area contributed by atoms with Crippen LogP contribution in [-0.2, 0) is 4.65 Å². The van der Waals surface area contributed by atoms with Crippen LogP contribution in [0.1, 0.15) is 0 Å². The van der Waals surface area contributed by atoms with Gasteiger partial charge in [0.05, 0.1) is 0 Å². The van der Waals surface area contributed by atoms with Crippen molar-refractivity contribution < 1.29 is 22.2 Å². The smallest absolute Gasteiger partial charge is 0.362 e. The van der Waals surface area contributed by atoms with Crippen molar-refractivity contribution in [1.82, 2.24) is 4.90 Å². The number of benzene rings is 2. The Kier molecular flexibility index (Phi) is 5.79. The highest BCUT2D eigenvalue weighted by atomic mass is 19.1. The second-order valence-electron chi connectivity index (χ2n) is 5.46. The van der Waals surface area contributed by atoms with E-state index in [0.717, 1.165) is 36.4 Å². The summed E-state index contributed by atoms with van der Waals surface area (Å²) in [5, 5.41) is 0. The van der Waals surface area contributed by atoms with Crippen LogP contribution in [0.15, 0.2) is 36.4 Å². The van der Waals surface area contributed by atoms with Gasteiger partial charge in [0.15, 0.2) is 0 Å². The number of nitrogens with zero attached hydrogens (tertiary/aromatic N) is 1. The summed E-state index contributed by atoms with van der Waals surface area (Å²) in [6, 6.07) is 5.82. The van der Waals surface area contributed by atoms with Crippen molar-refractivity contribution in [2.75, 3.05) is 27.2 Å². The third-order valence-electron chi connectivity index (χ3n) is 3.20. The van der Waals surface area contributed by atoms with Crippen molar-refractivity contribution >= 4 is 17.8 Å². The molecule has 0 aromatic heterocycles. The van der Waals surface area contributed by atoms with E-state index in [1.54, 1.807) is 0 Å². The van der Waals surface area contributed by atoms with Gasteiger partial charge in [-0.1, -0.05) is 0 Å². The lowest BCUT2D eigenvalue weighted by atomic mass is 9.55. The molecule has 0 bridgehead atoms. The number of hydrogen-bond acceptors (Lipinski definition) is 2. The molecule has 2 nitrogen and oxygen atoms in total. The molecular weight excluding hydrogens is 309 g/mol. The van der Waals surface area contributed by atoms with E-state index in [1.165, 1.54) is 0 Å². The van der Waals surface area contributed by atoms with Crippen LogP contribution >= 0.6 is 0 Å². The molecule has 0 unspecified atom stereocenters. The highest BCUT2D eigenvalue weighted by Crippen LogP contribution is 2.05. The first-order chi connectivity index (χ1) is 10.8. The zero-order chi connectivity index (χ0) is 17.0. The molecule has 0 amide bonds. The second-order valence-corrected chi connectivity index (χ2v) is 5.46. The molecule has 0 N–H and O–H groups in total. The third-order valence-corrected chi connectivity index (χ3v) is 3.20. The summed E-state index contributed by atoms with van der Waals surface area (Å²) in [5.74, 6) is -3.12.